The van der Waals surface area contributed by atoms with Gasteiger partial charge in [0.1, 0.15) is 0 Å². The molecule has 0 saturated carbocycles. The molecule has 0 saturated heterocycles. The van der Waals surface area contributed by atoms with Crippen molar-refractivity contribution in [3.63, 3.8) is 0 Å². The number of nitrogens with zero attached hydrogens (tertiary/aromatic N) is 2. The molecule has 1 amide bonds. The fourth-order valence-corrected chi connectivity index (χ4v) is 3.36. The molecule has 1 N–H and O–H groups in total. The molecule has 0 bridgehead atoms. The fourth-order valence-electron chi connectivity index (χ4n) is 2.42. The highest BCUT2D eigenvalue weighted by molar-refractivity contribution is 7.99. The van der Waals surface area contributed by atoms with Crippen LogP contribution in [0, 0.1) is 0 Å². The molecule has 6 heteroatoms. The van der Waals surface area contributed by atoms with Gasteiger partial charge in [0.15, 0.2) is 0 Å². The molecular weight excluding hydrogens is 390 g/mol. The average Bonchev–Trinajstić information content (AvgIpc) is 2.71. The average molecular weight is 410 g/mol. The van der Waals surface area contributed by atoms with Crippen LogP contribution in [-0.2, 0) is 0 Å². The van der Waals surface area contributed by atoms with Crippen molar-refractivity contribution in [2.75, 3.05) is 19.0 Å². The van der Waals surface area contributed by atoms with Gasteiger partial charge in [0.05, 0.1) is 6.21 Å². The number of hydrazone groups is 1. The van der Waals surface area contributed by atoms with Crippen LogP contribution in [0.1, 0.15) is 15.9 Å². The third-order valence-corrected chi connectivity index (χ3v) is 5.20. The van der Waals surface area contributed by atoms with Crippen LogP contribution in [0.25, 0.3) is 0 Å². The molecule has 0 aliphatic rings. The van der Waals surface area contributed by atoms with E-state index in [0.717, 1.165) is 26.1 Å². The third kappa shape index (κ3) is 5.62. The van der Waals surface area contributed by atoms with E-state index < -0.39 is 0 Å². The Labute approximate surface area is 174 Å². The summed E-state index contributed by atoms with van der Waals surface area (Å²) in [5.74, 6) is -0.241. The van der Waals surface area contributed by atoms with Crippen LogP contribution in [0.5, 0.6) is 0 Å². The first-order chi connectivity index (χ1) is 13.5. The number of anilines is 1. The molecule has 0 aliphatic heterocycles. The number of halogens is 1. The van der Waals surface area contributed by atoms with Gasteiger partial charge in [-0.1, -0.05) is 41.6 Å². The third-order valence-electron chi connectivity index (χ3n) is 3.93. The van der Waals surface area contributed by atoms with Gasteiger partial charge in [-0.3, -0.25) is 4.79 Å². The SMILES string of the molecule is CN(C)c1cccc(C(=O)N/N=C\c2ccc(Sc3ccc(Cl)cc3)cc2)c1. The van der Waals surface area contributed by atoms with Gasteiger partial charge in [0.25, 0.3) is 5.91 Å². The van der Waals surface area contributed by atoms with Crippen molar-refractivity contribution in [3.05, 3.63) is 88.9 Å². The quantitative estimate of drug-likeness (QED) is 0.442. The lowest BCUT2D eigenvalue weighted by Crippen LogP contribution is -2.18. The first-order valence-electron chi connectivity index (χ1n) is 8.65. The first-order valence-corrected chi connectivity index (χ1v) is 9.85. The molecule has 142 valence electrons. The summed E-state index contributed by atoms with van der Waals surface area (Å²) in [5, 5.41) is 4.78. The Morgan fingerprint density at radius 3 is 2.29 bits per heavy atom. The lowest BCUT2D eigenvalue weighted by atomic mass is 10.2. The topological polar surface area (TPSA) is 44.7 Å². The number of carbonyl (C=O) groups is 1. The van der Waals surface area contributed by atoms with Gasteiger partial charge in [-0.2, -0.15) is 5.10 Å². The van der Waals surface area contributed by atoms with Crippen molar-refractivity contribution in [2.45, 2.75) is 9.79 Å². The fraction of sp³-hybridized carbons (Fsp3) is 0.0909. The van der Waals surface area contributed by atoms with Crippen LogP contribution in [0.3, 0.4) is 0 Å². The van der Waals surface area contributed by atoms with Crippen molar-refractivity contribution >= 4 is 41.2 Å². The summed E-state index contributed by atoms with van der Waals surface area (Å²) in [4.78, 5) is 16.4. The van der Waals surface area contributed by atoms with Crippen LogP contribution < -0.4 is 10.3 Å². The highest BCUT2D eigenvalue weighted by Gasteiger charge is 2.05. The highest BCUT2D eigenvalue weighted by atomic mass is 35.5. The van der Waals surface area contributed by atoms with E-state index in [0.29, 0.717) is 5.56 Å². The Hall–Kier alpha value is -2.76. The minimum atomic E-state index is -0.241. The second kappa shape index (κ2) is 9.44. The number of amides is 1. The number of rotatable bonds is 6. The van der Waals surface area contributed by atoms with E-state index in [1.807, 2.05) is 85.7 Å². The van der Waals surface area contributed by atoms with Gasteiger partial charge in [0.2, 0.25) is 0 Å². The maximum absolute atomic E-state index is 12.2. The van der Waals surface area contributed by atoms with E-state index in [4.69, 9.17) is 11.6 Å². The summed E-state index contributed by atoms with van der Waals surface area (Å²) in [6.07, 6.45) is 1.63. The molecule has 3 aromatic rings. The van der Waals surface area contributed by atoms with E-state index in [1.54, 1.807) is 24.0 Å². The van der Waals surface area contributed by atoms with Crippen molar-refractivity contribution in [1.82, 2.24) is 5.43 Å². The summed E-state index contributed by atoms with van der Waals surface area (Å²) in [6, 6.07) is 23.1. The molecule has 0 unspecified atom stereocenters. The van der Waals surface area contributed by atoms with Crippen molar-refractivity contribution in [2.24, 2.45) is 5.10 Å². The van der Waals surface area contributed by atoms with E-state index in [9.17, 15) is 4.79 Å². The van der Waals surface area contributed by atoms with Crippen molar-refractivity contribution < 1.29 is 4.79 Å². The molecule has 4 nitrogen and oxygen atoms in total. The van der Waals surface area contributed by atoms with Gasteiger partial charge in [-0.15, -0.1) is 0 Å². The van der Waals surface area contributed by atoms with E-state index in [-0.39, 0.29) is 5.91 Å². The molecule has 28 heavy (non-hydrogen) atoms. The highest BCUT2D eigenvalue weighted by Crippen LogP contribution is 2.28. The van der Waals surface area contributed by atoms with Crippen LogP contribution >= 0.6 is 23.4 Å². The second-order valence-electron chi connectivity index (χ2n) is 6.27. The zero-order valence-electron chi connectivity index (χ0n) is 15.6. The predicted molar refractivity (Wildman–Crippen MR) is 118 cm³/mol. The molecule has 0 aliphatic carbocycles. The van der Waals surface area contributed by atoms with E-state index in [2.05, 4.69) is 10.5 Å². The summed E-state index contributed by atoms with van der Waals surface area (Å²) in [6.45, 7) is 0. The van der Waals surface area contributed by atoms with Crippen molar-refractivity contribution in [3.8, 4) is 0 Å². The number of benzene rings is 3. The molecule has 0 spiro atoms. The molecule has 0 heterocycles. The zero-order valence-corrected chi connectivity index (χ0v) is 17.2. The second-order valence-corrected chi connectivity index (χ2v) is 7.85. The van der Waals surface area contributed by atoms with Crippen LogP contribution in [0.15, 0.2) is 87.7 Å². The summed E-state index contributed by atoms with van der Waals surface area (Å²) in [5.41, 5.74) is 5.00. The normalized spacial score (nSPS) is 10.8. The van der Waals surface area contributed by atoms with Gasteiger partial charge >= 0.3 is 0 Å². The molecular formula is C22H20ClN3OS. The van der Waals surface area contributed by atoms with Crippen LogP contribution in [-0.4, -0.2) is 26.2 Å². The Balaban J connectivity index is 1.57. The molecule has 3 rings (SSSR count). The molecule has 0 aromatic heterocycles. The first kappa shape index (κ1) is 20.0. The van der Waals surface area contributed by atoms with E-state index >= 15 is 0 Å². The lowest BCUT2D eigenvalue weighted by Gasteiger charge is -2.12. The number of carbonyl (C=O) groups excluding carboxylic acids is 1. The molecule has 3 aromatic carbocycles. The largest absolute Gasteiger partial charge is 0.378 e. The monoisotopic (exact) mass is 409 g/mol. The van der Waals surface area contributed by atoms with Crippen LogP contribution in [0.4, 0.5) is 5.69 Å². The molecule has 0 atom stereocenters. The smallest absolute Gasteiger partial charge is 0.271 e. The summed E-state index contributed by atoms with van der Waals surface area (Å²) >= 11 is 7.57. The minimum Gasteiger partial charge on any atom is -0.378 e. The number of hydrogen-bond donors (Lipinski definition) is 1. The maximum atomic E-state index is 12.2. The Morgan fingerprint density at radius 2 is 1.64 bits per heavy atom. The summed E-state index contributed by atoms with van der Waals surface area (Å²) < 4.78 is 0. The predicted octanol–water partition coefficient (Wildman–Crippen LogP) is 5.32. The van der Waals surface area contributed by atoms with Gasteiger partial charge in [0, 0.05) is 40.2 Å². The standard InChI is InChI=1S/C22H20ClN3OS/c1-26(2)19-5-3-4-17(14-19)22(27)25-24-15-16-6-10-20(11-7-16)28-21-12-8-18(23)9-13-21/h3-15H,1-2H3,(H,25,27)/b24-15-. The minimum absolute atomic E-state index is 0.241. The Bertz CT molecular complexity index is 970. The molecule has 0 radical (unpaired) electrons. The van der Waals surface area contributed by atoms with Crippen LogP contribution in [0.2, 0.25) is 5.02 Å². The van der Waals surface area contributed by atoms with Gasteiger partial charge < -0.3 is 4.90 Å². The summed E-state index contributed by atoms with van der Waals surface area (Å²) in [7, 11) is 3.87. The molecule has 0 fully saturated rings. The lowest BCUT2D eigenvalue weighted by molar-refractivity contribution is 0.0955. The van der Waals surface area contributed by atoms with Gasteiger partial charge in [-0.25, -0.2) is 5.43 Å². The Kier molecular flexibility index (Phi) is 6.74. The number of hydrogen-bond acceptors (Lipinski definition) is 4. The Morgan fingerprint density at radius 1 is 1.00 bits per heavy atom. The van der Waals surface area contributed by atoms with Crippen molar-refractivity contribution in [1.29, 1.82) is 0 Å². The number of nitrogens with one attached hydrogen (secondary N) is 1. The maximum Gasteiger partial charge on any atom is 0.271 e. The van der Waals surface area contributed by atoms with Gasteiger partial charge in [-0.05, 0) is 60.2 Å². The zero-order chi connectivity index (χ0) is 19.9. The van der Waals surface area contributed by atoms with E-state index in [1.165, 1.54) is 0 Å².